The van der Waals surface area contributed by atoms with Crippen LogP contribution in [0.25, 0.3) is 0 Å². The van der Waals surface area contributed by atoms with E-state index in [0.717, 1.165) is 5.56 Å². The van der Waals surface area contributed by atoms with E-state index in [1.807, 2.05) is 30.3 Å². The molecule has 0 heterocycles. The molecule has 0 aliphatic carbocycles. The molecule has 2 rings (SSSR count). The fourth-order valence-corrected chi connectivity index (χ4v) is 4.10. The molecule has 2 aromatic rings. The zero-order valence-corrected chi connectivity index (χ0v) is 15.3. The van der Waals surface area contributed by atoms with E-state index in [1.165, 1.54) is 6.07 Å². The third-order valence-electron chi connectivity index (χ3n) is 3.42. The van der Waals surface area contributed by atoms with E-state index in [1.54, 1.807) is 19.1 Å². The van der Waals surface area contributed by atoms with Crippen LogP contribution in [-0.4, -0.2) is 20.1 Å². The Morgan fingerprint density at radius 3 is 2.42 bits per heavy atom. The van der Waals surface area contributed by atoms with E-state index in [2.05, 4.69) is 5.32 Å². The fraction of sp³-hybridized carbons (Fsp3) is 0.235. The van der Waals surface area contributed by atoms with Gasteiger partial charge in [0, 0.05) is 10.0 Å². The van der Waals surface area contributed by atoms with Crippen molar-refractivity contribution >= 4 is 38.9 Å². The first-order valence-corrected chi connectivity index (χ1v) is 9.83. The molecule has 1 N–H and O–H groups in total. The van der Waals surface area contributed by atoms with Crippen LogP contribution in [0.2, 0.25) is 10.0 Å². The molecule has 0 saturated heterocycles. The lowest BCUT2D eigenvalue weighted by Crippen LogP contribution is -2.32. The first-order chi connectivity index (χ1) is 11.3. The number of rotatable bonds is 6. The average molecular weight is 386 g/mol. The smallest absolute Gasteiger partial charge is 0.235 e. The van der Waals surface area contributed by atoms with Crippen molar-refractivity contribution in [2.75, 3.05) is 5.75 Å². The number of halogens is 2. The molecule has 0 aliphatic heterocycles. The van der Waals surface area contributed by atoms with Crippen molar-refractivity contribution in [2.45, 2.75) is 18.7 Å². The van der Waals surface area contributed by atoms with Gasteiger partial charge < -0.3 is 5.32 Å². The second kappa shape index (κ2) is 8.01. The molecule has 128 valence electrons. The number of hydrogen-bond donors (Lipinski definition) is 1. The second-order valence-corrected chi connectivity index (χ2v) is 8.38. The van der Waals surface area contributed by atoms with Gasteiger partial charge in [0.25, 0.3) is 0 Å². The maximum Gasteiger partial charge on any atom is 0.235 e. The van der Waals surface area contributed by atoms with Crippen molar-refractivity contribution < 1.29 is 13.2 Å². The van der Waals surface area contributed by atoms with Crippen LogP contribution >= 0.6 is 23.2 Å². The second-order valence-electron chi connectivity index (χ2n) is 5.47. The Morgan fingerprint density at radius 1 is 1.12 bits per heavy atom. The van der Waals surface area contributed by atoms with Crippen molar-refractivity contribution in [3.05, 3.63) is 69.7 Å². The Labute approximate surface area is 151 Å². The molecular weight excluding hydrogens is 369 g/mol. The van der Waals surface area contributed by atoms with Gasteiger partial charge in [0.1, 0.15) is 5.75 Å². The topological polar surface area (TPSA) is 63.2 Å². The predicted octanol–water partition coefficient (Wildman–Crippen LogP) is 3.79. The SMILES string of the molecule is CC(NC(=O)CS(=O)(=O)Cc1ccc(Cl)cc1Cl)c1ccccc1. The van der Waals surface area contributed by atoms with Crippen LogP contribution < -0.4 is 5.32 Å². The number of carbonyl (C=O) groups excluding carboxylic acids is 1. The van der Waals surface area contributed by atoms with Crippen LogP contribution in [0.15, 0.2) is 48.5 Å². The molecule has 1 unspecified atom stereocenters. The zero-order chi connectivity index (χ0) is 17.7. The largest absolute Gasteiger partial charge is 0.349 e. The number of hydrogen-bond acceptors (Lipinski definition) is 3. The van der Waals surface area contributed by atoms with E-state index in [9.17, 15) is 13.2 Å². The molecule has 0 fully saturated rings. The number of amides is 1. The van der Waals surface area contributed by atoms with Crippen molar-refractivity contribution in [3.63, 3.8) is 0 Å². The average Bonchev–Trinajstić information content (AvgIpc) is 2.50. The summed E-state index contributed by atoms with van der Waals surface area (Å²) in [5.74, 6) is -1.45. The molecule has 0 aliphatic rings. The molecule has 1 amide bonds. The number of benzene rings is 2. The molecule has 0 radical (unpaired) electrons. The van der Waals surface area contributed by atoms with Crippen LogP contribution in [0.4, 0.5) is 0 Å². The van der Waals surface area contributed by atoms with Crippen LogP contribution in [0.5, 0.6) is 0 Å². The molecular formula is C17H17Cl2NO3S. The van der Waals surface area contributed by atoms with Crippen LogP contribution in [0.3, 0.4) is 0 Å². The van der Waals surface area contributed by atoms with E-state index in [-0.39, 0.29) is 16.8 Å². The summed E-state index contributed by atoms with van der Waals surface area (Å²) in [4.78, 5) is 12.0. The van der Waals surface area contributed by atoms with Gasteiger partial charge in [-0.05, 0) is 30.2 Å². The predicted molar refractivity (Wildman–Crippen MR) is 97.0 cm³/mol. The molecule has 0 saturated carbocycles. The van der Waals surface area contributed by atoms with Gasteiger partial charge in [0.05, 0.1) is 11.8 Å². The Bertz CT molecular complexity index is 823. The summed E-state index contributed by atoms with van der Waals surface area (Å²) in [6.45, 7) is 1.80. The van der Waals surface area contributed by atoms with Gasteiger partial charge >= 0.3 is 0 Å². The molecule has 0 spiro atoms. The molecule has 0 bridgehead atoms. The normalized spacial score (nSPS) is 12.6. The van der Waals surface area contributed by atoms with Crippen LogP contribution in [0, 0.1) is 0 Å². The van der Waals surface area contributed by atoms with Gasteiger partial charge in [-0.25, -0.2) is 8.42 Å². The summed E-state index contributed by atoms with van der Waals surface area (Å²) in [7, 11) is -3.64. The lowest BCUT2D eigenvalue weighted by atomic mass is 10.1. The minimum Gasteiger partial charge on any atom is -0.349 e. The minimum absolute atomic E-state index is 0.268. The zero-order valence-electron chi connectivity index (χ0n) is 13.0. The summed E-state index contributed by atoms with van der Waals surface area (Å²) in [6.07, 6.45) is 0. The summed E-state index contributed by atoms with van der Waals surface area (Å²) in [6, 6.07) is 13.6. The monoisotopic (exact) mass is 385 g/mol. The summed E-state index contributed by atoms with van der Waals surface area (Å²) >= 11 is 11.8. The van der Waals surface area contributed by atoms with Gasteiger partial charge in [-0.15, -0.1) is 0 Å². The summed E-state index contributed by atoms with van der Waals surface area (Å²) in [5, 5.41) is 3.38. The number of sulfone groups is 1. The number of carbonyl (C=O) groups is 1. The highest BCUT2D eigenvalue weighted by Gasteiger charge is 2.20. The van der Waals surface area contributed by atoms with Crippen molar-refractivity contribution in [1.82, 2.24) is 5.32 Å². The minimum atomic E-state index is -3.64. The summed E-state index contributed by atoms with van der Waals surface area (Å²) < 4.78 is 24.4. The highest BCUT2D eigenvalue weighted by Crippen LogP contribution is 2.23. The van der Waals surface area contributed by atoms with Gasteiger partial charge in [-0.3, -0.25) is 4.79 Å². The molecule has 24 heavy (non-hydrogen) atoms. The van der Waals surface area contributed by atoms with Crippen molar-refractivity contribution in [1.29, 1.82) is 0 Å². The first kappa shape index (κ1) is 18.8. The van der Waals surface area contributed by atoms with E-state index in [4.69, 9.17) is 23.2 Å². The fourth-order valence-electron chi connectivity index (χ4n) is 2.23. The third kappa shape index (κ3) is 5.51. The van der Waals surface area contributed by atoms with Crippen molar-refractivity contribution in [3.8, 4) is 0 Å². The van der Waals surface area contributed by atoms with Crippen LogP contribution in [-0.2, 0) is 20.4 Å². The lowest BCUT2D eigenvalue weighted by molar-refractivity contribution is -0.119. The van der Waals surface area contributed by atoms with Crippen LogP contribution in [0.1, 0.15) is 24.1 Å². The molecule has 2 aromatic carbocycles. The Balaban J connectivity index is 1.99. The molecule has 4 nitrogen and oxygen atoms in total. The van der Waals surface area contributed by atoms with Gasteiger partial charge in [-0.2, -0.15) is 0 Å². The summed E-state index contributed by atoms with van der Waals surface area (Å²) in [5.41, 5.74) is 1.33. The highest BCUT2D eigenvalue weighted by molar-refractivity contribution is 7.91. The van der Waals surface area contributed by atoms with E-state index >= 15 is 0 Å². The Kier molecular flexibility index (Phi) is 6.27. The third-order valence-corrected chi connectivity index (χ3v) is 5.46. The maximum atomic E-state index is 12.2. The van der Waals surface area contributed by atoms with Gasteiger partial charge in [0.15, 0.2) is 9.84 Å². The van der Waals surface area contributed by atoms with Gasteiger partial charge in [0.2, 0.25) is 5.91 Å². The Morgan fingerprint density at radius 2 is 1.79 bits per heavy atom. The van der Waals surface area contributed by atoms with Gasteiger partial charge in [-0.1, -0.05) is 59.6 Å². The van der Waals surface area contributed by atoms with E-state index < -0.39 is 21.5 Å². The lowest BCUT2D eigenvalue weighted by Gasteiger charge is -2.14. The van der Waals surface area contributed by atoms with Crippen molar-refractivity contribution in [2.24, 2.45) is 0 Å². The number of nitrogens with one attached hydrogen (secondary N) is 1. The Hall–Kier alpha value is -1.56. The maximum absolute atomic E-state index is 12.2. The standard InChI is InChI=1S/C17H17Cl2NO3S/c1-12(13-5-3-2-4-6-13)20-17(21)11-24(22,23)10-14-7-8-15(18)9-16(14)19/h2-9,12H,10-11H2,1H3,(H,20,21). The molecule has 0 aromatic heterocycles. The van der Waals surface area contributed by atoms with E-state index in [0.29, 0.717) is 10.6 Å². The highest BCUT2D eigenvalue weighted by atomic mass is 35.5. The first-order valence-electron chi connectivity index (χ1n) is 7.25. The molecule has 1 atom stereocenters. The molecule has 7 heteroatoms. The quantitative estimate of drug-likeness (QED) is 0.822.